The van der Waals surface area contributed by atoms with Crippen LogP contribution in [0.1, 0.15) is 23.6 Å². The van der Waals surface area contributed by atoms with Crippen molar-refractivity contribution in [1.82, 2.24) is 14.9 Å². The topological polar surface area (TPSA) is 46.0 Å². The van der Waals surface area contributed by atoms with E-state index in [1.165, 1.54) is 11.1 Å². The number of nitrogens with one attached hydrogen (secondary N) is 1. The van der Waals surface area contributed by atoms with Gasteiger partial charge in [0.1, 0.15) is 0 Å². The Bertz CT molecular complexity index is 888. The van der Waals surface area contributed by atoms with Crippen LogP contribution in [0.2, 0.25) is 0 Å². The van der Waals surface area contributed by atoms with E-state index in [2.05, 4.69) is 52.6 Å². The molecule has 0 unspecified atom stereocenters. The summed E-state index contributed by atoms with van der Waals surface area (Å²) < 4.78 is 2.13. The van der Waals surface area contributed by atoms with Crippen molar-refractivity contribution in [2.45, 2.75) is 20.3 Å². The molecule has 0 amide bonds. The first kappa shape index (κ1) is 15.4. The number of rotatable bonds is 4. The summed E-state index contributed by atoms with van der Waals surface area (Å²) in [4.78, 5) is 0. The molecule has 0 aliphatic carbocycles. The van der Waals surface area contributed by atoms with Gasteiger partial charge in [-0.25, -0.2) is 5.10 Å². The second-order valence-corrected chi connectivity index (χ2v) is 5.76. The highest BCUT2D eigenvalue weighted by molar-refractivity contribution is 7.71. The highest BCUT2D eigenvalue weighted by Crippen LogP contribution is 2.18. The zero-order valence-corrected chi connectivity index (χ0v) is 14.0. The van der Waals surface area contributed by atoms with Crippen LogP contribution in [0, 0.1) is 11.7 Å². The van der Waals surface area contributed by atoms with E-state index in [4.69, 9.17) is 12.2 Å². The van der Waals surface area contributed by atoms with Crippen LogP contribution >= 0.6 is 12.2 Å². The second kappa shape index (κ2) is 6.71. The van der Waals surface area contributed by atoms with Gasteiger partial charge in [-0.1, -0.05) is 55.0 Å². The van der Waals surface area contributed by atoms with E-state index < -0.39 is 0 Å². The average molecular weight is 322 g/mol. The molecule has 0 spiro atoms. The van der Waals surface area contributed by atoms with Crippen LogP contribution in [0.4, 0.5) is 0 Å². The maximum atomic E-state index is 5.29. The van der Waals surface area contributed by atoms with Gasteiger partial charge in [-0.2, -0.15) is 14.9 Å². The lowest BCUT2D eigenvalue weighted by atomic mass is 10.1. The first-order valence-electron chi connectivity index (χ1n) is 7.55. The van der Waals surface area contributed by atoms with Gasteiger partial charge >= 0.3 is 0 Å². The Hall–Kier alpha value is -2.53. The van der Waals surface area contributed by atoms with Crippen molar-refractivity contribution in [3.63, 3.8) is 0 Å². The van der Waals surface area contributed by atoms with E-state index >= 15 is 0 Å². The molecule has 3 aromatic rings. The summed E-state index contributed by atoms with van der Waals surface area (Å²) in [6, 6.07) is 16.4. The molecule has 0 atom stereocenters. The zero-order valence-electron chi connectivity index (χ0n) is 13.2. The van der Waals surface area contributed by atoms with Gasteiger partial charge < -0.3 is 0 Å². The molecule has 0 radical (unpaired) electrons. The highest BCUT2D eigenvalue weighted by atomic mass is 32.1. The Kier molecular flexibility index (Phi) is 4.48. The van der Waals surface area contributed by atoms with E-state index in [1.54, 1.807) is 10.9 Å². The molecule has 1 aromatic heterocycles. The number of hydrogen-bond donors (Lipinski definition) is 1. The lowest BCUT2D eigenvalue weighted by Gasteiger charge is -2.02. The Balaban J connectivity index is 1.95. The number of H-pyrrole nitrogens is 1. The van der Waals surface area contributed by atoms with Crippen LogP contribution < -0.4 is 0 Å². The predicted octanol–water partition coefficient (Wildman–Crippen LogP) is 4.36. The maximum Gasteiger partial charge on any atom is 0.216 e. The van der Waals surface area contributed by atoms with Crippen LogP contribution in [0.15, 0.2) is 53.6 Å². The highest BCUT2D eigenvalue weighted by Gasteiger charge is 2.07. The van der Waals surface area contributed by atoms with Crippen molar-refractivity contribution in [2.24, 2.45) is 5.10 Å². The van der Waals surface area contributed by atoms with Gasteiger partial charge in [0.25, 0.3) is 0 Å². The standard InChI is InChI=1S/C18H18N4S/c1-3-14-7-9-15(10-8-14)12-19-22-17(20-21-18(22)23)16-6-4-5-13(2)11-16/h4-12H,3H2,1-2H3,(H,21,23)/b19-12+. The van der Waals surface area contributed by atoms with Crippen LogP contribution in [0.5, 0.6) is 0 Å². The summed E-state index contributed by atoms with van der Waals surface area (Å²) in [5, 5.41) is 11.6. The minimum absolute atomic E-state index is 0.475. The third-order valence-corrected chi connectivity index (χ3v) is 3.90. The molecule has 3 rings (SSSR count). The maximum absolute atomic E-state index is 5.29. The SMILES string of the molecule is CCc1ccc(/C=N/n2c(-c3cccc(C)c3)n[nH]c2=S)cc1. The third-order valence-electron chi connectivity index (χ3n) is 3.64. The first-order chi connectivity index (χ1) is 11.2. The van der Waals surface area contributed by atoms with E-state index in [-0.39, 0.29) is 0 Å². The normalized spacial score (nSPS) is 11.2. The van der Waals surface area contributed by atoms with Gasteiger partial charge in [0.2, 0.25) is 4.77 Å². The van der Waals surface area contributed by atoms with Crippen LogP contribution in [0.3, 0.4) is 0 Å². The van der Waals surface area contributed by atoms with Crippen LogP contribution in [0.25, 0.3) is 11.4 Å². The number of aromatic nitrogens is 3. The molecule has 1 N–H and O–H groups in total. The van der Waals surface area contributed by atoms with E-state index in [9.17, 15) is 0 Å². The first-order valence-corrected chi connectivity index (χ1v) is 7.96. The molecule has 0 aliphatic rings. The second-order valence-electron chi connectivity index (χ2n) is 5.37. The Morgan fingerprint density at radius 3 is 2.70 bits per heavy atom. The molecule has 116 valence electrons. The molecular weight excluding hydrogens is 304 g/mol. The number of nitrogens with zero attached hydrogens (tertiary/aromatic N) is 3. The average Bonchev–Trinajstić information content (AvgIpc) is 2.94. The zero-order chi connectivity index (χ0) is 16.2. The van der Waals surface area contributed by atoms with Crippen LogP contribution in [-0.2, 0) is 6.42 Å². The Labute approximate surface area is 140 Å². The Morgan fingerprint density at radius 1 is 1.22 bits per heavy atom. The van der Waals surface area contributed by atoms with Gasteiger partial charge in [-0.15, -0.1) is 0 Å². The summed E-state index contributed by atoms with van der Waals surface area (Å²) in [5.41, 5.74) is 4.49. The van der Waals surface area contributed by atoms with Crippen molar-refractivity contribution < 1.29 is 0 Å². The molecule has 2 aromatic carbocycles. The molecular formula is C18H18N4S. The molecule has 0 saturated carbocycles. The quantitative estimate of drug-likeness (QED) is 0.573. The fraction of sp³-hybridized carbons (Fsp3) is 0.167. The lowest BCUT2D eigenvalue weighted by molar-refractivity contribution is 0.871. The molecule has 1 heterocycles. The molecule has 0 bridgehead atoms. The number of benzene rings is 2. The largest absolute Gasteiger partial charge is 0.250 e. The van der Waals surface area contributed by atoms with Gasteiger partial charge in [0.15, 0.2) is 5.82 Å². The fourth-order valence-electron chi connectivity index (χ4n) is 2.33. The van der Waals surface area contributed by atoms with Crippen molar-refractivity contribution in [2.75, 3.05) is 0 Å². The molecule has 4 nitrogen and oxygen atoms in total. The van der Waals surface area contributed by atoms with Crippen molar-refractivity contribution in [3.05, 3.63) is 70.0 Å². The summed E-state index contributed by atoms with van der Waals surface area (Å²) in [5.74, 6) is 0.708. The number of aryl methyl sites for hydroxylation is 2. The van der Waals surface area contributed by atoms with E-state index in [0.29, 0.717) is 10.6 Å². The summed E-state index contributed by atoms with van der Waals surface area (Å²) in [7, 11) is 0. The number of hydrogen-bond acceptors (Lipinski definition) is 3. The minimum atomic E-state index is 0.475. The molecule has 0 fully saturated rings. The monoisotopic (exact) mass is 322 g/mol. The fourth-order valence-corrected chi connectivity index (χ4v) is 2.51. The van der Waals surface area contributed by atoms with E-state index in [0.717, 1.165) is 17.5 Å². The molecule has 0 aliphatic heterocycles. The van der Waals surface area contributed by atoms with Gasteiger partial charge in [0, 0.05) is 5.56 Å². The van der Waals surface area contributed by atoms with Crippen molar-refractivity contribution in [1.29, 1.82) is 0 Å². The van der Waals surface area contributed by atoms with E-state index in [1.807, 2.05) is 25.1 Å². The smallest absolute Gasteiger partial charge is 0.216 e. The Morgan fingerprint density at radius 2 is 2.00 bits per heavy atom. The summed E-state index contributed by atoms with van der Waals surface area (Å²) in [6.07, 6.45) is 2.83. The summed E-state index contributed by atoms with van der Waals surface area (Å²) >= 11 is 5.29. The minimum Gasteiger partial charge on any atom is -0.250 e. The van der Waals surface area contributed by atoms with Crippen molar-refractivity contribution in [3.8, 4) is 11.4 Å². The van der Waals surface area contributed by atoms with Gasteiger partial charge in [-0.05, 0) is 42.8 Å². The molecule has 5 heteroatoms. The van der Waals surface area contributed by atoms with Crippen molar-refractivity contribution >= 4 is 18.4 Å². The van der Waals surface area contributed by atoms with Crippen LogP contribution in [-0.4, -0.2) is 21.1 Å². The predicted molar refractivity (Wildman–Crippen MR) is 96.4 cm³/mol. The van der Waals surface area contributed by atoms with Gasteiger partial charge in [-0.3, -0.25) is 0 Å². The van der Waals surface area contributed by atoms with Gasteiger partial charge in [0.05, 0.1) is 6.21 Å². The third kappa shape index (κ3) is 3.46. The number of aromatic amines is 1. The summed E-state index contributed by atoms with van der Waals surface area (Å²) in [6.45, 7) is 4.19. The molecule has 0 saturated heterocycles. The lowest BCUT2D eigenvalue weighted by Crippen LogP contribution is -1.95. The molecule has 23 heavy (non-hydrogen) atoms.